The van der Waals surface area contributed by atoms with E-state index in [0.29, 0.717) is 12.3 Å². The summed E-state index contributed by atoms with van der Waals surface area (Å²) in [4.78, 5) is 11.1. The Morgan fingerprint density at radius 3 is 2.14 bits per heavy atom. The molecule has 0 amide bonds. The Morgan fingerprint density at radius 2 is 1.52 bits per heavy atom. The monoisotopic (exact) mass is 404 g/mol. The summed E-state index contributed by atoms with van der Waals surface area (Å²) in [5.74, 6) is 0.374. The van der Waals surface area contributed by atoms with E-state index >= 15 is 0 Å². The molecule has 2 atom stereocenters. The van der Waals surface area contributed by atoms with Crippen LogP contribution in [0.3, 0.4) is 0 Å². The number of carbonyl (C=O) groups is 1. The van der Waals surface area contributed by atoms with Gasteiger partial charge in [0.15, 0.2) is 0 Å². The first-order valence-electron chi connectivity index (χ1n) is 11.1. The molecule has 0 aromatic rings. The predicted octanol–water partition coefficient (Wildman–Crippen LogP) is 7.10. The van der Waals surface area contributed by atoms with Crippen LogP contribution in [0, 0.1) is 5.92 Å². The van der Waals surface area contributed by atoms with Gasteiger partial charge in [0.25, 0.3) is 0 Å². The van der Waals surface area contributed by atoms with Crippen LogP contribution < -0.4 is 0 Å². The van der Waals surface area contributed by atoms with Crippen LogP contribution in [-0.4, -0.2) is 24.3 Å². The van der Waals surface area contributed by atoms with E-state index in [1.165, 1.54) is 0 Å². The van der Waals surface area contributed by atoms with E-state index in [1.54, 1.807) is 0 Å². The van der Waals surface area contributed by atoms with E-state index in [0.717, 1.165) is 52.1 Å². The van der Waals surface area contributed by atoms with Crippen molar-refractivity contribution in [1.82, 2.24) is 0 Å². The molecule has 1 aliphatic rings. The van der Waals surface area contributed by atoms with Gasteiger partial charge in [-0.15, -0.1) is 0 Å². The minimum absolute atomic E-state index is 0.0417. The number of carbonyl (C=O) groups excluding carboxylic acids is 1. The van der Waals surface area contributed by atoms with Crippen molar-refractivity contribution in [1.29, 1.82) is 0 Å². The summed E-state index contributed by atoms with van der Waals surface area (Å²) >= 11 is 0. The first-order chi connectivity index (χ1) is 14.2. The Labute approximate surface area is 179 Å². The van der Waals surface area contributed by atoms with Crippen LogP contribution in [-0.2, 0) is 9.53 Å². The van der Waals surface area contributed by atoms with Crippen LogP contribution in [0.5, 0.6) is 0 Å². The molecule has 0 aromatic carbocycles. The SMILES string of the molecule is CC.CC/C=C\CC/C=C/C=C\C/C=C\C/C=C\CC(C)C1CCC(=O)O1.CO. The summed E-state index contributed by atoms with van der Waals surface area (Å²) in [7, 11) is 1.00. The minimum atomic E-state index is -0.0417. The van der Waals surface area contributed by atoms with Crippen molar-refractivity contribution < 1.29 is 14.6 Å². The van der Waals surface area contributed by atoms with Crippen LogP contribution in [0.15, 0.2) is 60.8 Å². The topological polar surface area (TPSA) is 46.5 Å². The van der Waals surface area contributed by atoms with Gasteiger partial charge in [-0.25, -0.2) is 0 Å². The molecule has 0 bridgehead atoms. The number of rotatable bonds is 12. The number of unbranched alkanes of at least 4 members (excludes halogenated alkanes) is 1. The maximum Gasteiger partial charge on any atom is 0.306 e. The summed E-state index contributed by atoms with van der Waals surface area (Å²) in [6.45, 7) is 8.31. The normalized spacial score (nSPS) is 17.7. The zero-order chi connectivity index (χ0) is 22.2. The molecule has 1 heterocycles. The third kappa shape index (κ3) is 19.2. The summed E-state index contributed by atoms with van der Waals surface area (Å²) < 4.78 is 5.29. The van der Waals surface area contributed by atoms with Gasteiger partial charge in [-0.05, 0) is 50.9 Å². The van der Waals surface area contributed by atoms with Gasteiger partial charge >= 0.3 is 5.97 Å². The van der Waals surface area contributed by atoms with Crippen molar-refractivity contribution in [2.45, 2.75) is 85.2 Å². The smallest absolute Gasteiger partial charge is 0.306 e. The third-order valence-electron chi connectivity index (χ3n) is 4.22. The van der Waals surface area contributed by atoms with Gasteiger partial charge < -0.3 is 9.84 Å². The molecule has 3 nitrogen and oxygen atoms in total. The number of allylic oxidation sites excluding steroid dienone is 10. The van der Waals surface area contributed by atoms with Crippen molar-refractivity contribution >= 4 is 5.97 Å². The van der Waals surface area contributed by atoms with Gasteiger partial charge in [-0.3, -0.25) is 4.79 Å². The lowest BCUT2D eigenvalue weighted by atomic mass is 9.98. The molecule has 0 spiro atoms. The molecule has 166 valence electrons. The van der Waals surface area contributed by atoms with Crippen molar-refractivity contribution in [3.63, 3.8) is 0 Å². The van der Waals surface area contributed by atoms with Gasteiger partial charge in [0, 0.05) is 13.5 Å². The fourth-order valence-corrected chi connectivity index (χ4v) is 2.66. The maximum atomic E-state index is 11.1. The Balaban J connectivity index is 0. The van der Waals surface area contributed by atoms with Crippen molar-refractivity contribution in [3.05, 3.63) is 60.8 Å². The number of aliphatic hydroxyl groups excluding tert-OH is 1. The maximum absolute atomic E-state index is 11.1. The van der Waals surface area contributed by atoms with E-state index < -0.39 is 0 Å². The average Bonchev–Trinajstić information content (AvgIpc) is 3.20. The van der Waals surface area contributed by atoms with Gasteiger partial charge in [-0.2, -0.15) is 0 Å². The van der Waals surface area contributed by atoms with Crippen LogP contribution in [0.2, 0.25) is 0 Å². The number of hydrogen-bond acceptors (Lipinski definition) is 3. The second-order valence-corrected chi connectivity index (χ2v) is 6.51. The van der Waals surface area contributed by atoms with E-state index in [1.807, 2.05) is 13.8 Å². The third-order valence-corrected chi connectivity index (χ3v) is 4.22. The highest BCUT2D eigenvalue weighted by molar-refractivity contribution is 5.71. The first-order valence-corrected chi connectivity index (χ1v) is 11.1. The Kier molecular flexibility index (Phi) is 24.4. The van der Waals surface area contributed by atoms with E-state index in [2.05, 4.69) is 74.6 Å². The fraction of sp³-hybridized carbons (Fsp3) is 0.577. The number of hydrogen-bond donors (Lipinski definition) is 1. The van der Waals surface area contributed by atoms with Crippen molar-refractivity contribution in [2.24, 2.45) is 5.92 Å². The molecule has 1 aliphatic heterocycles. The molecule has 1 rings (SSSR count). The number of ether oxygens (including phenoxy) is 1. The molecular formula is C26H44O3. The minimum Gasteiger partial charge on any atom is -0.462 e. The molecule has 1 N–H and O–H groups in total. The van der Waals surface area contributed by atoms with Crippen molar-refractivity contribution in [2.75, 3.05) is 7.11 Å². The first kappa shape index (κ1) is 29.3. The summed E-state index contributed by atoms with van der Waals surface area (Å²) in [5, 5.41) is 7.00. The van der Waals surface area contributed by atoms with Gasteiger partial charge in [0.1, 0.15) is 6.10 Å². The molecule has 0 radical (unpaired) electrons. The lowest BCUT2D eigenvalue weighted by Gasteiger charge is -2.15. The zero-order valence-electron chi connectivity index (χ0n) is 19.3. The molecule has 1 saturated heterocycles. The van der Waals surface area contributed by atoms with E-state index in [-0.39, 0.29) is 12.1 Å². The Hall–Kier alpha value is -1.87. The Bertz CT molecular complexity index is 498. The molecule has 0 aromatic heterocycles. The Morgan fingerprint density at radius 1 is 0.931 bits per heavy atom. The highest BCUT2D eigenvalue weighted by Crippen LogP contribution is 2.23. The standard InChI is InChI=1S/C23H34O2.C2H6.CH4O/c1-3-4-5-6-7-8-9-10-11-12-13-14-15-16-17-18-21(2)22-19-20-23(24)25-22;2*1-2/h4-5,8-11,13-14,16-17,21-22H,3,6-7,12,15,18-20H2,1-2H3;1-2H3;2H,1H3/b5-4-,9-8+,11-10-,14-13-,17-16-;;. The van der Waals surface area contributed by atoms with Crippen LogP contribution in [0.25, 0.3) is 0 Å². The molecule has 0 saturated carbocycles. The fourth-order valence-electron chi connectivity index (χ4n) is 2.66. The molecule has 0 aliphatic carbocycles. The zero-order valence-corrected chi connectivity index (χ0v) is 19.3. The lowest BCUT2D eigenvalue weighted by molar-refractivity contribution is -0.142. The molecule has 2 unspecified atom stereocenters. The molecular weight excluding hydrogens is 360 g/mol. The van der Waals surface area contributed by atoms with Crippen LogP contribution in [0.4, 0.5) is 0 Å². The second-order valence-electron chi connectivity index (χ2n) is 6.51. The van der Waals surface area contributed by atoms with Crippen LogP contribution in [0.1, 0.15) is 79.1 Å². The lowest BCUT2D eigenvalue weighted by Crippen LogP contribution is -2.16. The van der Waals surface area contributed by atoms with E-state index in [9.17, 15) is 4.79 Å². The average molecular weight is 405 g/mol. The molecule has 1 fully saturated rings. The number of cyclic esters (lactones) is 1. The number of aliphatic hydroxyl groups is 1. The van der Waals surface area contributed by atoms with Gasteiger partial charge in [-0.1, -0.05) is 88.5 Å². The highest BCUT2D eigenvalue weighted by atomic mass is 16.5. The van der Waals surface area contributed by atoms with Crippen LogP contribution >= 0.6 is 0 Å². The van der Waals surface area contributed by atoms with Crippen molar-refractivity contribution in [3.8, 4) is 0 Å². The second kappa shape index (κ2) is 24.2. The summed E-state index contributed by atoms with van der Waals surface area (Å²) in [6, 6.07) is 0. The highest BCUT2D eigenvalue weighted by Gasteiger charge is 2.27. The summed E-state index contributed by atoms with van der Waals surface area (Å²) in [6.07, 6.45) is 29.7. The van der Waals surface area contributed by atoms with Gasteiger partial charge in [0.2, 0.25) is 0 Å². The quantitative estimate of drug-likeness (QED) is 0.163. The largest absolute Gasteiger partial charge is 0.462 e. The predicted molar refractivity (Wildman–Crippen MR) is 127 cm³/mol. The number of esters is 1. The van der Waals surface area contributed by atoms with Gasteiger partial charge in [0.05, 0.1) is 0 Å². The summed E-state index contributed by atoms with van der Waals surface area (Å²) in [5.41, 5.74) is 0. The van der Waals surface area contributed by atoms with E-state index in [4.69, 9.17) is 9.84 Å². The molecule has 3 heteroatoms. The molecule has 29 heavy (non-hydrogen) atoms.